The number of carbonyl (C=O) groups excluding carboxylic acids is 2. The molecule has 1 heterocycles. The molecule has 0 spiro atoms. The summed E-state index contributed by atoms with van der Waals surface area (Å²) >= 11 is 0. The maximum atomic E-state index is 11.9. The van der Waals surface area contributed by atoms with Gasteiger partial charge in [-0.15, -0.1) is 10.2 Å². The third kappa shape index (κ3) is 3.30. The molecule has 1 fully saturated rings. The minimum atomic E-state index is -0.672. The summed E-state index contributed by atoms with van der Waals surface area (Å²) in [5.74, 6) is -0.920. The van der Waals surface area contributed by atoms with Crippen LogP contribution in [0.25, 0.3) is 11.5 Å². The summed E-state index contributed by atoms with van der Waals surface area (Å²) in [6, 6.07) is 7.00. The summed E-state index contributed by atoms with van der Waals surface area (Å²) in [5, 5.41) is 12.7. The number of rotatable bonds is 3. The molecule has 0 atom stereocenters. The monoisotopic (exact) mass is 300 g/mol. The van der Waals surface area contributed by atoms with Gasteiger partial charge in [-0.2, -0.15) is 0 Å². The summed E-state index contributed by atoms with van der Waals surface area (Å²) in [6.45, 7) is 0. The summed E-state index contributed by atoms with van der Waals surface area (Å²) in [7, 11) is 0. The first-order valence-electron chi connectivity index (χ1n) is 7.21. The van der Waals surface area contributed by atoms with Gasteiger partial charge >= 0.3 is 11.8 Å². The van der Waals surface area contributed by atoms with Gasteiger partial charge in [-0.25, -0.2) is 0 Å². The van der Waals surface area contributed by atoms with Crippen molar-refractivity contribution >= 4 is 17.5 Å². The maximum Gasteiger partial charge on any atom is 0.313 e. The predicted octanol–water partition coefficient (Wildman–Crippen LogP) is 1.73. The van der Waals surface area contributed by atoms with Gasteiger partial charge in [-0.3, -0.25) is 9.59 Å². The number of hydrogen-bond acceptors (Lipinski definition) is 5. The van der Waals surface area contributed by atoms with Crippen LogP contribution >= 0.6 is 0 Å². The van der Waals surface area contributed by atoms with E-state index in [1.54, 1.807) is 24.3 Å². The molecule has 1 saturated carbocycles. The highest BCUT2D eigenvalue weighted by Gasteiger charge is 2.21. The van der Waals surface area contributed by atoms with Gasteiger partial charge in [0.05, 0.1) is 0 Å². The molecule has 114 valence electrons. The zero-order chi connectivity index (χ0) is 15.4. The van der Waals surface area contributed by atoms with Crippen molar-refractivity contribution in [1.82, 2.24) is 15.5 Å². The molecular formula is C15H16N4O3. The molecule has 1 aliphatic carbocycles. The van der Waals surface area contributed by atoms with E-state index in [9.17, 15) is 9.59 Å². The molecule has 7 heteroatoms. The van der Waals surface area contributed by atoms with E-state index in [0.717, 1.165) is 25.7 Å². The van der Waals surface area contributed by atoms with Gasteiger partial charge in [-0.1, -0.05) is 18.9 Å². The fourth-order valence-electron chi connectivity index (χ4n) is 2.54. The Morgan fingerprint density at radius 3 is 2.73 bits per heavy atom. The summed E-state index contributed by atoms with van der Waals surface area (Å²) < 4.78 is 5.10. The molecule has 2 aromatic rings. The number of nitrogens with one attached hydrogen (secondary N) is 2. The van der Waals surface area contributed by atoms with Gasteiger partial charge in [-0.05, 0) is 31.0 Å². The molecule has 0 saturated heterocycles. The number of aromatic nitrogens is 2. The molecule has 2 N–H and O–H groups in total. The molecule has 22 heavy (non-hydrogen) atoms. The Morgan fingerprint density at radius 1 is 1.18 bits per heavy atom. The number of carbonyl (C=O) groups is 2. The SMILES string of the molecule is O=C(Nc1cccc(-c2nnco2)c1)C(=O)NC1CCCC1. The van der Waals surface area contributed by atoms with E-state index in [1.807, 2.05) is 0 Å². The number of anilines is 1. The van der Waals surface area contributed by atoms with Crippen LogP contribution in [0, 0.1) is 0 Å². The van der Waals surface area contributed by atoms with Crippen LogP contribution in [0.2, 0.25) is 0 Å². The molecule has 0 radical (unpaired) electrons. The Morgan fingerprint density at radius 2 is 2.00 bits per heavy atom. The lowest BCUT2D eigenvalue weighted by Crippen LogP contribution is -2.40. The molecule has 7 nitrogen and oxygen atoms in total. The quantitative estimate of drug-likeness (QED) is 0.841. The van der Waals surface area contributed by atoms with Crippen molar-refractivity contribution in [2.75, 3.05) is 5.32 Å². The van der Waals surface area contributed by atoms with Crippen LogP contribution in [0.5, 0.6) is 0 Å². The molecule has 3 rings (SSSR count). The molecule has 1 aliphatic rings. The molecular weight excluding hydrogens is 284 g/mol. The van der Waals surface area contributed by atoms with Gasteiger partial charge in [0.1, 0.15) is 0 Å². The lowest BCUT2D eigenvalue weighted by atomic mass is 10.2. The Bertz CT molecular complexity index is 663. The van der Waals surface area contributed by atoms with E-state index >= 15 is 0 Å². The first-order chi connectivity index (χ1) is 10.7. The molecule has 1 aromatic heterocycles. The molecule has 2 amide bonds. The van der Waals surface area contributed by atoms with Gasteiger partial charge in [0, 0.05) is 17.3 Å². The zero-order valence-corrected chi connectivity index (χ0v) is 11.9. The standard InChI is InChI=1S/C15H16N4O3/c20-13(17-11-5-1-2-6-11)14(21)18-12-7-3-4-10(8-12)15-19-16-9-22-15/h3-4,7-9,11H,1-2,5-6H2,(H,17,20)(H,18,21). The highest BCUT2D eigenvalue weighted by atomic mass is 16.4. The van der Waals surface area contributed by atoms with Crippen LogP contribution in [-0.4, -0.2) is 28.1 Å². The first kappa shape index (κ1) is 14.2. The molecule has 0 aliphatic heterocycles. The summed E-state index contributed by atoms with van der Waals surface area (Å²) in [6.07, 6.45) is 5.30. The van der Waals surface area contributed by atoms with Crippen molar-refractivity contribution in [3.05, 3.63) is 30.7 Å². The largest absolute Gasteiger partial charge is 0.423 e. The van der Waals surface area contributed by atoms with E-state index in [4.69, 9.17) is 4.42 Å². The fourth-order valence-corrected chi connectivity index (χ4v) is 2.54. The van der Waals surface area contributed by atoms with Crippen molar-refractivity contribution in [2.24, 2.45) is 0 Å². The lowest BCUT2D eigenvalue weighted by Gasteiger charge is -2.11. The van der Waals surface area contributed by atoms with E-state index in [2.05, 4.69) is 20.8 Å². The number of benzene rings is 1. The van der Waals surface area contributed by atoms with Crippen LogP contribution in [-0.2, 0) is 9.59 Å². The normalized spacial score (nSPS) is 14.7. The Hall–Kier alpha value is -2.70. The van der Waals surface area contributed by atoms with Crippen molar-refractivity contribution in [1.29, 1.82) is 0 Å². The highest BCUT2D eigenvalue weighted by molar-refractivity contribution is 6.39. The second-order valence-corrected chi connectivity index (χ2v) is 5.23. The molecule has 0 bridgehead atoms. The van der Waals surface area contributed by atoms with Crippen LogP contribution in [0.15, 0.2) is 35.1 Å². The second kappa shape index (κ2) is 6.38. The summed E-state index contributed by atoms with van der Waals surface area (Å²) in [4.78, 5) is 23.8. The predicted molar refractivity (Wildman–Crippen MR) is 78.8 cm³/mol. The minimum Gasteiger partial charge on any atom is -0.423 e. The average Bonchev–Trinajstić information content (AvgIpc) is 3.21. The Balaban J connectivity index is 1.63. The average molecular weight is 300 g/mol. The minimum absolute atomic E-state index is 0.114. The van der Waals surface area contributed by atoms with Gasteiger partial charge in [0.25, 0.3) is 0 Å². The van der Waals surface area contributed by atoms with Crippen LogP contribution in [0.3, 0.4) is 0 Å². The zero-order valence-electron chi connectivity index (χ0n) is 11.9. The van der Waals surface area contributed by atoms with Crippen LogP contribution in [0.1, 0.15) is 25.7 Å². The van der Waals surface area contributed by atoms with E-state index in [-0.39, 0.29) is 6.04 Å². The topological polar surface area (TPSA) is 97.1 Å². The van der Waals surface area contributed by atoms with E-state index in [0.29, 0.717) is 17.1 Å². The van der Waals surface area contributed by atoms with Crippen LogP contribution < -0.4 is 10.6 Å². The maximum absolute atomic E-state index is 11.9. The Labute approximate surface area is 127 Å². The number of hydrogen-bond donors (Lipinski definition) is 2. The van der Waals surface area contributed by atoms with Crippen molar-refractivity contribution in [3.8, 4) is 11.5 Å². The fraction of sp³-hybridized carbons (Fsp3) is 0.333. The van der Waals surface area contributed by atoms with E-state index in [1.165, 1.54) is 6.39 Å². The lowest BCUT2D eigenvalue weighted by molar-refractivity contribution is -0.136. The van der Waals surface area contributed by atoms with Crippen molar-refractivity contribution in [3.63, 3.8) is 0 Å². The van der Waals surface area contributed by atoms with Crippen molar-refractivity contribution in [2.45, 2.75) is 31.7 Å². The molecule has 1 aromatic carbocycles. The van der Waals surface area contributed by atoms with E-state index < -0.39 is 11.8 Å². The van der Waals surface area contributed by atoms with Gasteiger partial charge in [0.2, 0.25) is 12.3 Å². The third-order valence-corrected chi connectivity index (χ3v) is 3.62. The smallest absolute Gasteiger partial charge is 0.313 e. The highest BCUT2D eigenvalue weighted by Crippen LogP contribution is 2.20. The first-order valence-corrected chi connectivity index (χ1v) is 7.21. The second-order valence-electron chi connectivity index (χ2n) is 5.23. The van der Waals surface area contributed by atoms with Crippen molar-refractivity contribution < 1.29 is 14.0 Å². The summed E-state index contributed by atoms with van der Waals surface area (Å²) in [5.41, 5.74) is 1.17. The number of nitrogens with zero attached hydrogens (tertiary/aromatic N) is 2. The molecule has 0 unspecified atom stereocenters. The Kier molecular flexibility index (Phi) is 4.13. The van der Waals surface area contributed by atoms with Crippen LogP contribution in [0.4, 0.5) is 5.69 Å². The van der Waals surface area contributed by atoms with Gasteiger partial charge in [0.15, 0.2) is 0 Å². The van der Waals surface area contributed by atoms with Gasteiger partial charge < -0.3 is 15.1 Å². The number of amides is 2. The third-order valence-electron chi connectivity index (χ3n) is 3.62.